The summed E-state index contributed by atoms with van der Waals surface area (Å²) >= 11 is 0. The van der Waals surface area contributed by atoms with Gasteiger partial charge in [-0.15, -0.1) is 0 Å². The van der Waals surface area contributed by atoms with Crippen molar-refractivity contribution in [3.05, 3.63) is 29.8 Å². The second kappa shape index (κ2) is 5.57. The van der Waals surface area contributed by atoms with Crippen LogP contribution in [0.1, 0.15) is 18.4 Å². The average Bonchev–Trinajstić information content (AvgIpc) is 2.37. The molecule has 0 spiro atoms. The molecule has 1 amide bonds. The van der Waals surface area contributed by atoms with Crippen molar-refractivity contribution in [1.29, 1.82) is 0 Å². The average molecular weight is 326 g/mol. The molecule has 1 saturated heterocycles. The fourth-order valence-electron chi connectivity index (χ4n) is 2.73. The van der Waals surface area contributed by atoms with E-state index in [1.54, 1.807) is 24.3 Å². The Morgan fingerprint density at radius 1 is 1.14 bits per heavy atom. The first-order valence-electron chi connectivity index (χ1n) is 7.27. The lowest BCUT2D eigenvalue weighted by atomic mass is 10.1. The predicted molar refractivity (Wildman–Crippen MR) is 86.4 cm³/mol. The van der Waals surface area contributed by atoms with Crippen molar-refractivity contribution in [1.82, 2.24) is 4.31 Å². The highest BCUT2D eigenvalue weighted by Gasteiger charge is 2.42. The summed E-state index contributed by atoms with van der Waals surface area (Å²) in [6.07, 6.45) is 1.57. The van der Waals surface area contributed by atoms with Crippen LogP contribution >= 0.6 is 0 Å². The van der Waals surface area contributed by atoms with E-state index in [9.17, 15) is 13.2 Å². The maximum atomic E-state index is 12.7. The lowest BCUT2D eigenvalue weighted by Crippen LogP contribution is -2.49. The molecular weight excluding hydrogens is 302 g/mol. The summed E-state index contributed by atoms with van der Waals surface area (Å²) in [7, 11) is -5.42. The standard InChI is InChI=1S/C15H23NO3SSi/c1-12-7-9-13(10-8-12)20(18,19)16-11-5-6-14(15(16)17)21(2,3)4/h7-10,14H,5-6,11H2,1-4H3. The van der Waals surface area contributed by atoms with Crippen molar-refractivity contribution < 1.29 is 13.2 Å². The van der Waals surface area contributed by atoms with Gasteiger partial charge in [-0.2, -0.15) is 0 Å². The Kier molecular flexibility index (Phi) is 4.30. The lowest BCUT2D eigenvalue weighted by Gasteiger charge is -2.37. The molecule has 1 aromatic carbocycles. The number of benzene rings is 1. The molecule has 1 aliphatic rings. The van der Waals surface area contributed by atoms with Crippen LogP contribution in [0.4, 0.5) is 0 Å². The van der Waals surface area contributed by atoms with Crippen molar-refractivity contribution in [2.75, 3.05) is 6.54 Å². The Labute approximate surface area is 128 Å². The van der Waals surface area contributed by atoms with E-state index in [-0.39, 0.29) is 16.3 Å². The number of carbonyl (C=O) groups is 1. The van der Waals surface area contributed by atoms with Crippen molar-refractivity contribution in [2.24, 2.45) is 0 Å². The first-order chi connectivity index (χ1) is 9.64. The number of amides is 1. The third-order valence-electron chi connectivity index (χ3n) is 4.05. The normalized spacial score (nSPS) is 20.7. The molecule has 0 N–H and O–H groups in total. The summed E-state index contributed by atoms with van der Waals surface area (Å²) in [5.41, 5.74) is 0.894. The van der Waals surface area contributed by atoms with Gasteiger partial charge in [0.2, 0.25) is 5.91 Å². The van der Waals surface area contributed by atoms with Gasteiger partial charge in [-0.1, -0.05) is 37.3 Å². The first kappa shape index (κ1) is 16.2. The molecule has 0 radical (unpaired) electrons. The second-order valence-electron chi connectivity index (χ2n) is 6.79. The minimum Gasteiger partial charge on any atom is -0.274 e. The molecule has 1 fully saturated rings. The Hall–Kier alpha value is -1.14. The Bertz CT molecular complexity index is 632. The Morgan fingerprint density at radius 3 is 2.24 bits per heavy atom. The minimum atomic E-state index is -3.72. The number of sulfonamides is 1. The minimum absolute atomic E-state index is 0.105. The zero-order valence-corrected chi connectivity index (χ0v) is 14.9. The van der Waals surface area contributed by atoms with Crippen LogP contribution in [-0.4, -0.2) is 33.2 Å². The van der Waals surface area contributed by atoms with Gasteiger partial charge in [0, 0.05) is 12.1 Å². The number of aryl methyl sites for hydroxylation is 1. The van der Waals surface area contributed by atoms with Crippen LogP contribution in [0.5, 0.6) is 0 Å². The highest BCUT2D eigenvalue weighted by Crippen LogP contribution is 2.35. The SMILES string of the molecule is Cc1ccc(S(=O)(=O)N2CCCC([Si](C)(C)C)C2=O)cc1. The summed E-state index contributed by atoms with van der Waals surface area (Å²) in [6.45, 7) is 8.58. The molecular formula is C15H23NO3SSi. The Balaban J connectivity index is 2.36. The monoisotopic (exact) mass is 325 g/mol. The van der Waals surface area contributed by atoms with Gasteiger partial charge in [0.05, 0.1) is 13.0 Å². The molecule has 1 atom stereocenters. The largest absolute Gasteiger partial charge is 0.274 e. The molecule has 0 aromatic heterocycles. The van der Waals surface area contributed by atoms with Crippen LogP contribution in [0.3, 0.4) is 0 Å². The van der Waals surface area contributed by atoms with Crippen molar-refractivity contribution in [2.45, 2.75) is 49.8 Å². The second-order valence-corrected chi connectivity index (χ2v) is 14.1. The van der Waals surface area contributed by atoms with Gasteiger partial charge in [-0.05, 0) is 31.9 Å². The fourth-order valence-corrected chi connectivity index (χ4v) is 6.25. The summed E-state index contributed by atoms with van der Waals surface area (Å²) < 4.78 is 26.5. The topological polar surface area (TPSA) is 54.5 Å². The molecule has 0 aliphatic carbocycles. The van der Waals surface area contributed by atoms with Gasteiger partial charge >= 0.3 is 0 Å². The highest BCUT2D eigenvalue weighted by atomic mass is 32.2. The van der Waals surface area contributed by atoms with E-state index in [0.717, 1.165) is 22.7 Å². The van der Waals surface area contributed by atoms with E-state index >= 15 is 0 Å². The van der Waals surface area contributed by atoms with E-state index in [4.69, 9.17) is 0 Å². The highest BCUT2D eigenvalue weighted by molar-refractivity contribution is 7.89. The number of piperidine rings is 1. The number of nitrogens with zero attached hydrogens (tertiary/aromatic N) is 1. The summed E-state index contributed by atoms with van der Waals surface area (Å²) in [4.78, 5) is 12.8. The number of hydrogen-bond donors (Lipinski definition) is 0. The van der Waals surface area contributed by atoms with E-state index in [2.05, 4.69) is 19.6 Å². The molecule has 0 bridgehead atoms. The van der Waals surface area contributed by atoms with Gasteiger partial charge in [-0.25, -0.2) is 12.7 Å². The van der Waals surface area contributed by atoms with Crippen LogP contribution in [0.15, 0.2) is 29.2 Å². The van der Waals surface area contributed by atoms with E-state index in [0.29, 0.717) is 6.54 Å². The smallest absolute Gasteiger partial charge is 0.266 e. The molecule has 0 saturated carbocycles. The summed E-state index contributed by atoms with van der Waals surface area (Å²) in [5, 5.41) is 0. The lowest BCUT2D eigenvalue weighted by molar-refractivity contribution is -0.128. The van der Waals surface area contributed by atoms with Crippen molar-refractivity contribution >= 4 is 24.0 Å². The zero-order chi connectivity index (χ0) is 15.8. The van der Waals surface area contributed by atoms with Crippen molar-refractivity contribution in [3.8, 4) is 0 Å². The van der Waals surface area contributed by atoms with Crippen LogP contribution in [0.2, 0.25) is 25.2 Å². The summed E-state index contributed by atoms with van der Waals surface area (Å²) in [5.74, 6) is -0.207. The van der Waals surface area contributed by atoms with Crippen LogP contribution < -0.4 is 0 Å². The summed E-state index contributed by atoms with van der Waals surface area (Å²) in [6, 6.07) is 6.68. The first-order valence-corrected chi connectivity index (χ1v) is 12.3. The molecule has 4 nitrogen and oxygen atoms in total. The molecule has 116 valence electrons. The molecule has 1 aromatic rings. The molecule has 2 rings (SSSR count). The van der Waals surface area contributed by atoms with Gasteiger partial charge in [0.25, 0.3) is 10.0 Å². The van der Waals surface area contributed by atoms with E-state index in [1.807, 2.05) is 6.92 Å². The Morgan fingerprint density at radius 2 is 1.71 bits per heavy atom. The van der Waals surface area contributed by atoms with Gasteiger partial charge in [-0.3, -0.25) is 4.79 Å². The van der Waals surface area contributed by atoms with Crippen LogP contribution in [0.25, 0.3) is 0 Å². The number of rotatable bonds is 3. The van der Waals surface area contributed by atoms with Gasteiger partial charge < -0.3 is 0 Å². The van der Waals surface area contributed by atoms with E-state index in [1.165, 1.54) is 0 Å². The van der Waals surface area contributed by atoms with E-state index < -0.39 is 18.1 Å². The molecule has 6 heteroatoms. The third kappa shape index (κ3) is 3.21. The molecule has 1 heterocycles. The molecule has 1 aliphatic heterocycles. The number of carbonyl (C=O) groups excluding carboxylic acids is 1. The maximum absolute atomic E-state index is 12.7. The van der Waals surface area contributed by atoms with Gasteiger partial charge in [0.15, 0.2) is 0 Å². The number of hydrogen-bond acceptors (Lipinski definition) is 3. The van der Waals surface area contributed by atoms with Gasteiger partial charge in [0.1, 0.15) is 0 Å². The maximum Gasteiger partial charge on any atom is 0.266 e. The zero-order valence-electron chi connectivity index (χ0n) is 13.1. The quantitative estimate of drug-likeness (QED) is 0.803. The molecule has 21 heavy (non-hydrogen) atoms. The predicted octanol–water partition coefficient (Wildman–Crippen LogP) is 3.01. The van der Waals surface area contributed by atoms with Crippen LogP contribution in [-0.2, 0) is 14.8 Å². The van der Waals surface area contributed by atoms with Crippen molar-refractivity contribution in [3.63, 3.8) is 0 Å². The molecule has 1 unspecified atom stereocenters. The third-order valence-corrected chi connectivity index (χ3v) is 8.49. The van der Waals surface area contributed by atoms with Crippen LogP contribution in [0, 0.1) is 6.92 Å². The fraction of sp³-hybridized carbons (Fsp3) is 0.533.